The van der Waals surface area contributed by atoms with Crippen LogP contribution in [0.2, 0.25) is 5.02 Å². The van der Waals surface area contributed by atoms with Crippen molar-refractivity contribution >= 4 is 17.6 Å². The molecule has 0 fully saturated rings. The number of halogens is 2. The van der Waals surface area contributed by atoms with Crippen LogP contribution in [0.25, 0.3) is 0 Å². The van der Waals surface area contributed by atoms with Crippen LogP contribution in [0.3, 0.4) is 0 Å². The van der Waals surface area contributed by atoms with E-state index in [2.05, 4.69) is 0 Å². The first-order valence-electron chi connectivity index (χ1n) is 4.19. The van der Waals surface area contributed by atoms with E-state index in [1.165, 1.54) is 19.1 Å². The van der Waals surface area contributed by atoms with Crippen molar-refractivity contribution in [1.82, 2.24) is 0 Å². The van der Waals surface area contributed by atoms with Gasteiger partial charge in [-0.1, -0.05) is 11.6 Å². The van der Waals surface area contributed by atoms with Gasteiger partial charge in [-0.05, 0) is 26.0 Å². The van der Waals surface area contributed by atoms with Gasteiger partial charge in [0.1, 0.15) is 5.82 Å². The first-order valence-corrected chi connectivity index (χ1v) is 4.57. The van der Waals surface area contributed by atoms with Crippen LogP contribution in [0.5, 0.6) is 0 Å². The minimum absolute atomic E-state index is 0.105. The number of ether oxygens (including phenoxy) is 1. The minimum atomic E-state index is -0.588. The van der Waals surface area contributed by atoms with Gasteiger partial charge in [0.25, 0.3) is 0 Å². The summed E-state index contributed by atoms with van der Waals surface area (Å²) >= 11 is 5.76. The van der Waals surface area contributed by atoms with E-state index >= 15 is 0 Å². The number of benzene rings is 1. The summed E-state index contributed by atoms with van der Waals surface area (Å²) in [5.74, 6) is -1.05. The average Bonchev–Trinajstić information content (AvgIpc) is 2.13. The first kappa shape index (κ1) is 11.0. The van der Waals surface area contributed by atoms with Gasteiger partial charge in [-0.2, -0.15) is 0 Å². The summed E-state index contributed by atoms with van der Waals surface area (Å²) in [6, 6.07) is 2.57. The van der Waals surface area contributed by atoms with Crippen molar-refractivity contribution < 1.29 is 13.9 Å². The molecule has 0 bridgehead atoms. The highest BCUT2D eigenvalue weighted by molar-refractivity contribution is 6.33. The lowest BCUT2D eigenvalue weighted by molar-refractivity contribution is 0.0525. The Labute approximate surface area is 86.6 Å². The molecule has 0 unspecified atom stereocenters. The Balaban J connectivity index is 3.18. The van der Waals surface area contributed by atoms with Gasteiger partial charge in [0.2, 0.25) is 0 Å². The normalized spacial score (nSPS) is 10.0. The van der Waals surface area contributed by atoms with Crippen molar-refractivity contribution in [2.24, 2.45) is 0 Å². The van der Waals surface area contributed by atoms with Gasteiger partial charge in [0.15, 0.2) is 0 Å². The topological polar surface area (TPSA) is 26.3 Å². The lowest BCUT2D eigenvalue weighted by Gasteiger charge is -2.07. The summed E-state index contributed by atoms with van der Waals surface area (Å²) in [6.07, 6.45) is 0. The molecule has 0 saturated heterocycles. The van der Waals surface area contributed by atoms with Crippen LogP contribution in [0.15, 0.2) is 12.1 Å². The first-order chi connectivity index (χ1) is 6.57. The highest BCUT2D eigenvalue weighted by Crippen LogP contribution is 2.22. The maximum atomic E-state index is 13.1. The zero-order chi connectivity index (χ0) is 10.7. The predicted octanol–water partition coefficient (Wildman–Crippen LogP) is 2.96. The molecule has 1 rings (SSSR count). The van der Waals surface area contributed by atoms with E-state index in [1.807, 2.05) is 0 Å². The van der Waals surface area contributed by atoms with Gasteiger partial charge < -0.3 is 4.74 Å². The molecule has 4 heteroatoms. The Bertz CT molecular complexity index is 363. The molecule has 0 aromatic heterocycles. The van der Waals surface area contributed by atoms with E-state index in [0.29, 0.717) is 0 Å². The maximum Gasteiger partial charge on any atom is 0.340 e. The third-order valence-corrected chi connectivity index (χ3v) is 2.14. The van der Waals surface area contributed by atoms with E-state index < -0.39 is 11.8 Å². The largest absolute Gasteiger partial charge is 0.462 e. The van der Waals surface area contributed by atoms with Crippen molar-refractivity contribution in [1.29, 1.82) is 0 Å². The Kier molecular flexibility index (Phi) is 3.47. The van der Waals surface area contributed by atoms with Gasteiger partial charge in [-0.3, -0.25) is 0 Å². The molecule has 0 N–H and O–H groups in total. The second kappa shape index (κ2) is 4.42. The lowest BCUT2D eigenvalue weighted by Crippen LogP contribution is -2.08. The quantitative estimate of drug-likeness (QED) is 0.711. The zero-order valence-electron chi connectivity index (χ0n) is 7.93. The van der Waals surface area contributed by atoms with Crippen molar-refractivity contribution in [2.75, 3.05) is 6.61 Å². The zero-order valence-corrected chi connectivity index (χ0v) is 8.69. The molecule has 0 atom stereocenters. The Morgan fingerprint density at radius 2 is 2.21 bits per heavy atom. The maximum absolute atomic E-state index is 13.1. The number of rotatable bonds is 2. The molecule has 0 saturated carbocycles. The fraction of sp³-hybridized carbons (Fsp3) is 0.300. The van der Waals surface area contributed by atoms with E-state index in [4.69, 9.17) is 16.3 Å². The van der Waals surface area contributed by atoms with Gasteiger partial charge >= 0.3 is 5.97 Å². The van der Waals surface area contributed by atoms with E-state index in [1.54, 1.807) is 6.92 Å². The number of carbonyl (C=O) groups is 1. The Hall–Kier alpha value is -1.09. The van der Waals surface area contributed by atoms with Crippen molar-refractivity contribution in [3.63, 3.8) is 0 Å². The second-order valence-electron chi connectivity index (χ2n) is 2.75. The standard InChI is InChI=1S/C10H10ClFO2/c1-3-14-10(13)9-6(2)8(12)5-4-7(9)11/h4-5H,3H2,1-2H3. The summed E-state index contributed by atoms with van der Waals surface area (Å²) < 4.78 is 17.8. The highest BCUT2D eigenvalue weighted by Gasteiger charge is 2.16. The van der Waals surface area contributed by atoms with Crippen LogP contribution < -0.4 is 0 Å². The second-order valence-corrected chi connectivity index (χ2v) is 3.16. The molecule has 0 radical (unpaired) electrons. The van der Waals surface area contributed by atoms with Gasteiger partial charge in [-0.15, -0.1) is 0 Å². The summed E-state index contributed by atoms with van der Waals surface area (Å²) in [5, 5.41) is 0.211. The highest BCUT2D eigenvalue weighted by atomic mass is 35.5. The summed E-state index contributed by atoms with van der Waals surface area (Å²) in [6.45, 7) is 3.42. The molecule has 1 aromatic rings. The molecule has 2 nitrogen and oxygen atoms in total. The smallest absolute Gasteiger partial charge is 0.340 e. The van der Waals surface area contributed by atoms with E-state index in [-0.39, 0.29) is 22.8 Å². The summed E-state index contributed by atoms with van der Waals surface area (Å²) in [5.41, 5.74) is 0.324. The number of carbonyl (C=O) groups excluding carboxylic acids is 1. The van der Waals surface area contributed by atoms with Crippen molar-refractivity contribution in [3.8, 4) is 0 Å². The van der Waals surface area contributed by atoms with Crippen LogP contribution in [0, 0.1) is 12.7 Å². The molecule has 1 aromatic carbocycles. The summed E-state index contributed by atoms with van der Waals surface area (Å²) in [4.78, 5) is 11.4. The molecule has 0 aliphatic carbocycles. The van der Waals surface area contributed by atoms with E-state index in [0.717, 1.165) is 0 Å². The summed E-state index contributed by atoms with van der Waals surface area (Å²) in [7, 11) is 0. The SMILES string of the molecule is CCOC(=O)c1c(Cl)ccc(F)c1C. The molecule has 0 spiro atoms. The van der Waals surface area contributed by atoms with Crippen LogP contribution in [-0.2, 0) is 4.74 Å². The number of esters is 1. The van der Waals surface area contributed by atoms with Gasteiger partial charge in [0.05, 0.1) is 17.2 Å². The fourth-order valence-electron chi connectivity index (χ4n) is 1.11. The van der Waals surface area contributed by atoms with Crippen molar-refractivity contribution in [3.05, 3.63) is 34.1 Å². The molecule has 0 amide bonds. The Morgan fingerprint density at radius 3 is 2.79 bits per heavy atom. The van der Waals surface area contributed by atoms with Crippen LogP contribution >= 0.6 is 11.6 Å². The van der Waals surface area contributed by atoms with Gasteiger partial charge in [0, 0.05) is 5.56 Å². The average molecular weight is 217 g/mol. The number of hydrogen-bond donors (Lipinski definition) is 0. The molecule has 0 aliphatic rings. The molecule has 0 heterocycles. The monoisotopic (exact) mass is 216 g/mol. The molecular weight excluding hydrogens is 207 g/mol. The molecule has 76 valence electrons. The van der Waals surface area contributed by atoms with Crippen LogP contribution in [0.4, 0.5) is 4.39 Å². The molecule has 0 aliphatic heterocycles. The predicted molar refractivity (Wildman–Crippen MR) is 52.1 cm³/mol. The van der Waals surface area contributed by atoms with E-state index in [9.17, 15) is 9.18 Å². The molecular formula is C10H10ClFO2. The number of hydrogen-bond acceptors (Lipinski definition) is 2. The lowest BCUT2D eigenvalue weighted by atomic mass is 10.1. The molecule has 14 heavy (non-hydrogen) atoms. The fourth-order valence-corrected chi connectivity index (χ4v) is 1.39. The third kappa shape index (κ3) is 2.04. The van der Waals surface area contributed by atoms with Crippen LogP contribution in [-0.4, -0.2) is 12.6 Å². The third-order valence-electron chi connectivity index (χ3n) is 1.83. The van der Waals surface area contributed by atoms with Crippen LogP contribution in [0.1, 0.15) is 22.8 Å². The minimum Gasteiger partial charge on any atom is -0.462 e. The Morgan fingerprint density at radius 1 is 1.57 bits per heavy atom. The van der Waals surface area contributed by atoms with Crippen molar-refractivity contribution in [2.45, 2.75) is 13.8 Å². The van der Waals surface area contributed by atoms with Gasteiger partial charge in [-0.25, -0.2) is 9.18 Å².